The zero-order valence-corrected chi connectivity index (χ0v) is 24.1. The molecular formula is C35H37NO5. The van der Waals surface area contributed by atoms with E-state index in [-0.39, 0.29) is 17.6 Å². The van der Waals surface area contributed by atoms with E-state index in [0.717, 1.165) is 22.4 Å². The largest absolute Gasteiger partial charge is 0.493 e. The molecular weight excluding hydrogens is 514 g/mol. The number of rotatable bonds is 9. The standard InChI is InChI=1S/C35H37NO5/c1-22(2)20-41-35(38)32-23(3)36-28-17-27(25-13-9-6-10-14-25)18-29(37)34(28)33(32)26-15-16-30(31(19-26)39-4)40-21-24-11-7-5-8-12-24/h5-16,19,22,27,33,36H,17-18,20-21H2,1-4H3/t27-,33+/m1/s1. The van der Waals surface area contributed by atoms with Gasteiger partial charge in [0.05, 0.1) is 19.3 Å². The molecule has 5 rings (SSSR count). The molecule has 1 aliphatic heterocycles. The molecule has 6 heteroatoms. The SMILES string of the molecule is COc1cc([C@H]2C(C(=O)OCC(C)C)=C(C)NC3=C2C(=O)C[C@H](c2ccccc2)C3)ccc1OCc1ccccc1. The molecule has 0 amide bonds. The van der Waals surface area contributed by atoms with Crippen LogP contribution in [0.2, 0.25) is 0 Å². The number of hydrogen-bond acceptors (Lipinski definition) is 6. The first-order valence-electron chi connectivity index (χ1n) is 14.2. The van der Waals surface area contributed by atoms with E-state index in [1.807, 2.05) is 87.5 Å². The third-order valence-electron chi connectivity index (χ3n) is 7.62. The van der Waals surface area contributed by atoms with Crippen LogP contribution in [0.5, 0.6) is 11.5 Å². The zero-order chi connectivity index (χ0) is 28.9. The Morgan fingerprint density at radius 3 is 2.32 bits per heavy atom. The van der Waals surface area contributed by atoms with Crippen molar-refractivity contribution in [1.29, 1.82) is 0 Å². The molecule has 0 unspecified atom stereocenters. The summed E-state index contributed by atoms with van der Waals surface area (Å²) >= 11 is 0. The van der Waals surface area contributed by atoms with Crippen LogP contribution in [-0.4, -0.2) is 25.5 Å². The van der Waals surface area contributed by atoms with Crippen molar-refractivity contribution < 1.29 is 23.8 Å². The van der Waals surface area contributed by atoms with Gasteiger partial charge in [-0.2, -0.15) is 0 Å². The van der Waals surface area contributed by atoms with Crippen LogP contribution in [0.25, 0.3) is 0 Å². The van der Waals surface area contributed by atoms with E-state index < -0.39 is 11.9 Å². The highest BCUT2D eigenvalue weighted by molar-refractivity contribution is 6.04. The van der Waals surface area contributed by atoms with Crippen LogP contribution in [0.15, 0.2) is 101 Å². The maximum absolute atomic E-state index is 13.9. The van der Waals surface area contributed by atoms with Crippen molar-refractivity contribution in [1.82, 2.24) is 5.32 Å². The number of nitrogens with one attached hydrogen (secondary N) is 1. The lowest BCUT2D eigenvalue weighted by Gasteiger charge is -2.37. The van der Waals surface area contributed by atoms with Gasteiger partial charge in [0.25, 0.3) is 0 Å². The van der Waals surface area contributed by atoms with Crippen molar-refractivity contribution in [2.75, 3.05) is 13.7 Å². The molecule has 2 atom stereocenters. The van der Waals surface area contributed by atoms with E-state index in [1.165, 1.54) is 0 Å². The van der Waals surface area contributed by atoms with Crippen molar-refractivity contribution in [3.8, 4) is 11.5 Å². The van der Waals surface area contributed by atoms with Gasteiger partial charge < -0.3 is 19.5 Å². The summed E-state index contributed by atoms with van der Waals surface area (Å²) in [7, 11) is 1.59. The average molecular weight is 552 g/mol. The Bertz CT molecular complexity index is 1470. The summed E-state index contributed by atoms with van der Waals surface area (Å²) < 4.78 is 17.5. The Hall–Kier alpha value is -4.32. The van der Waals surface area contributed by atoms with Gasteiger partial charge >= 0.3 is 5.97 Å². The summed E-state index contributed by atoms with van der Waals surface area (Å²) in [5, 5.41) is 3.43. The van der Waals surface area contributed by atoms with Crippen molar-refractivity contribution in [2.45, 2.75) is 52.1 Å². The van der Waals surface area contributed by atoms with Gasteiger partial charge in [-0.05, 0) is 54.0 Å². The number of carbonyl (C=O) groups is 2. The summed E-state index contributed by atoms with van der Waals surface area (Å²) in [5.74, 6) is 0.426. The molecule has 0 radical (unpaired) electrons. The van der Waals surface area contributed by atoms with Crippen LogP contribution >= 0.6 is 0 Å². The predicted molar refractivity (Wildman–Crippen MR) is 159 cm³/mol. The predicted octanol–water partition coefficient (Wildman–Crippen LogP) is 6.84. The highest BCUT2D eigenvalue weighted by Crippen LogP contribution is 2.47. The topological polar surface area (TPSA) is 73.9 Å². The summed E-state index contributed by atoms with van der Waals surface area (Å²) in [5.41, 5.74) is 5.60. The van der Waals surface area contributed by atoms with Crippen LogP contribution < -0.4 is 14.8 Å². The number of Topliss-reactive ketones (excluding diaryl/α,β-unsaturated/α-hetero) is 1. The molecule has 3 aromatic carbocycles. The number of ketones is 1. The molecule has 0 saturated carbocycles. The van der Waals surface area contributed by atoms with Crippen LogP contribution in [-0.2, 0) is 20.9 Å². The number of dihydropyridines is 1. The van der Waals surface area contributed by atoms with E-state index in [0.29, 0.717) is 54.4 Å². The van der Waals surface area contributed by atoms with Crippen LogP contribution in [0.4, 0.5) is 0 Å². The first-order valence-corrected chi connectivity index (χ1v) is 14.2. The van der Waals surface area contributed by atoms with Crippen LogP contribution in [0, 0.1) is 5.92 Å². The molecule has 1 heterocycles. The van der Waals surface area contributed by atoms with Gasteiger partial charge in [0, 0.05) is 29.3 Å². The van der Waals surface area contributed by atoms with Gasteiger partial charge in [0.1, 0.15) is 6.61 Å². The third kappa shape index (κ3) is 6.22. The van der Waals surface area contributed by atoms with Crippen molar-refractivity contribution in [3.63, 3.8) is 0 Å². The Balaban J connectivity index is 1.53. The highest BCUT2D eigenvalue weighted by atomic mass is 16.5. The lowest BCUT2D eigenvalue weighted by Crippen LogP contribution is -2.36. The normalized spacial score (nSPS) is 18.6. The second-order valence-electron chi connectivity index (χ2n) is 11.1. The molecule has 1 aliphatic carbocycles. The number of ether oxygens (including phenoxy) is 3. The Kier molecular flexibility index (Phi) is 8.58. The molecule has 6 nitrogen and oxygen atoms in total. The van der Waals surface area contributed by atoms with Gasteiger partial charge in [-0.1, -0.05) is 80.6 Å². The Morgan fingerprint density at radius 2 is 1.63 bits per heavy atom. The average Bonchev–Trinajstić information content (AvgIpc) is 2.99. The molecule has 0 saturated heterocycles. The minimum atomic E-state index is -0.577. The fourth-order valence-corrected chi connectivity index (χ4v) is 5.64. The van der Waals surface area contributed by atoms with Crippen LogP contribution in [0.1, 0.15) is 62.1 Å². The second kappa shape index (κ2) is 12.5. The number of benzene rings is 3. The second-order valence-corrected chi connectivity index (χ2v) is 11.1. The van der Waals surface area contributed by atoms with E-state index >= 15 is 0 Å². The summed E-state index contributed by atoms with van der Waals surface area (Å²) in [6.07, 6.45) is 1.06. The van der Waals surface area contributed by atoms with E-state index in [4.69, 9.17) is 14.2 Å². The molecule has 41 heavy (non-hydrogen) atoms. The minimum Gasteiger partial charge on any atom is -0.493 e. The Morgan fingerprint density at radius 1 is 0.927 bits per heavy atom. The molecule has 0 spiro atoms. The molecule has 212 valence electrons. The van der Waals surface area contributed by atoms with Crippen LogP contribution in [0.3, 0.4) is 0 Å². The first-order chi connectivity index (χ1) is 19.9. The number of allylic oxidation sites excluding steroid dienone is 3. The Labute approximate surface area is 242 Å². The summed E-state index contributed by atoms with van der Waals surface area (Å²) in [6, 6.07) is 25.7. The quantitative estimate of drug-likeness (QED) is 0.294. The lowest BCUT2D eigenvalue weighted by molar-refractivity contribution is -0.140. The van der Waals surface area contributed by atoms with Crippen molar-refractivity contribution in [2.24, 2.45) is 5.92 Å². The molecule has 0 aromatic heterocycles. The lowest BCUT2D eigenvalue weighted by atomic mass is 9.71. The molecule has 3 aromatic rings. The third-order valence-corrected chi connectivity index (χ3v) is 7.62. The summed E-state index contributed by atoms with van der Waals surface area (Å²) in [6.45, 7) is 6.57. The fourth-order valence-electron chi connectivity index (χ4n) is 5.64. The number of esters is 1. The minimum absolute atomic E-state index is 0.0302. The highest BCUT2D eigenvalue weighted by Gasteiger charge is 2.41. The van der Waals surface area contributed by atoms with E-state index in [9.17, 15) is 9.59 Å². The van der Waals surface area contributed by atoms with Gasteiger partial charge in [-0.25, -0.2) is 4.79 Å². The van der Waals surface area contributed by atoms with E-state index in [1.54, 1.807) is 7.11 Å². The molecule has 0 bridgehead atoms. The van der Waals surface area contributed by atoms with Gasteiger partial charge in [0.2, 0.25) is 0 Å². The molecule has 2 aliphatic rings. The number of carbonyl (C=O) groups excluding carboxylic acids is 2. The summed E-state index contributed by atoms with van der Waals surface area (Å²) in [4.78, 5) is 27.4. The maximum atomic E-state index is 13.9. The van der Waals surface area contributed by atoms with Gasteiger partial charge in [-0.15, -0.1) is 0 Å². The monoisotopic (exact) mass is 551 g/mol. The van der Waals surface area contributed by atoms with E-state index in [2.05, 4.69) is 17.4 Å². The van der Waals surface area contributed by atoms with Crippen molar-refractivity contribution >= 4 is 11.8 Å². The molecule has 1 N–H and O–H groups in total. The van der Waals surface area contributed by atoms with Gasteiger partial charge in [0.15, 0.2) is 17.3 Å². The zero-order valence-electron chi connectivity index (χ0n) is 24.1. The smallest absolute Gasteiger partial charge is 0.336 e. The fraction of sp³-hybridized carbons (Fsp3) is 0.314. The van der Waals surface area contributed by atoms with Crippen molar-refractivity contribution in [3.05, 3.63) is 118 Å². The number of methoxy groups -OCH3 is 1. The maximum Gasteiger partial charge on any atom is 0.336 e. The van der Waals surface area contributed by atoms with Gasteiger partial charge in [-0.3, -0.25) is 4.79 Å². The number of hydrogen-bond donors (Lipinski definition) is 1. The first kappa shape index (κ1) is 28.2. The molecule has 0 fully saturated rings.